The van der Waals surface area contributed by atoms with Crippen LogP contribution in [0.2, 0.25) is 0 Å². The van der Waals surface area contributed by atoms with Gasteiger partial charge in [0.05, 0.1) is 8.16 Å². The number of thioether (sulfide) groups is 4. The molecule has 2 aromatic rings. The molecule has 2 aromatic carbocycles. The Labute approximate surface area is 178 Å². The SMILES string of the molecule is Fc1cc2cc(c1)C1(Cc3ccc(cc3)CC23SCCCS3)SCCCS1. The van der Waals surface area contributed by atoms with Gasteiger partial charge in [-0.25, -0.2) is 4.39 Å². The second-order valence-electron chi connectivity index (χ2n) is 7.51. The van der Waals surface area contributed by atoms with E-state index in [0.717, 1.165) is 35.9 Å². The lowest BCUT2D eigenvalue weighted by Crippen LogP contribution is -2.28. The molecular weight excluding hydrogens is 412 g/mol. The summed E-state index contributed by atoms with van der Waals surface area (Å²) in [4.78, 5) is 0. The Hall–Kier alpha value is -0.230. The highest BCUT2D eigenvalue weighted by molar-refractivity contribution is 8.18. The van der Waals surface area contributed by atoms with Crippen molar-refractivity contribution in [2.45, 2.75) is 33.8 Å². The Morgan fingerprint density at radius 1 is 0.630 bits per heavy atom. The molecule has 0 amide bonds. The Morgan fingerprint density at radius 3 is 1.44 bits per heavy atom. The van der Waals surface area contributed by atoms with Gasteiger partial charge >= 0.3 is 0 Å². The third-order valence-corrected chi connectivity index (χ3v) is 12.4. The van der Waals surface area contributed by atoms with Crippen LogP contribution in [0.1, 0.15) is 35.1 Å². The van der Waals surface area contributed by atoms with Crippen LogP contribution < -0.4 is 0 Å². The first-order valence-corrected chi connectivity index (χ1v) is 13.6. The van der Waals surface area contributed by atoms with E-state index in [0.29, 0.717) is 0 Å². The van der Waals surface area contributed by atoms with Crippen LogP contribution >= 0.6 is 47.0 Å². The summed E-state index contributed by atoms with van der Waals surface area (Å²) < 4.78 is 14.8. The molecule has 2 aliphatic heterocycles. The van der Waals surface area contributed by atoms with E-state index >= 15 is 0 Å². The standard InChI is InChI=1S/C22H23FS4/c23-20-12-18-11-19(13-20)22(26-9-2-10-27-22)15-17-5-3-16(4-6-17)14-21(18)24-7-1-8-25-21/h3-6,11-13H,1-2,7-10,14-15H2. The van der Waals surface area contributed by atoms with Crippen LogP contribution in [0.3, 0.4) is 0 Å². The molecular formula is C22H23FS4. The van der Waals surface area contributed by atoms with Gasteiger partial charge in [-0.2, -0.15) is 0 Å². The van der Waals surface area contributed by atoms with Crippen molar-refractivity contribution in [2.75, 3.05) is 23.0 Å². The van der Waals surface area contributed by atoms with Gasteiger partial charge in [0.1, 0.15) is 5.82 Å². The predicted molar refractivity (Wildman–Crippen MR) is 123 cm³/mol. The van der Waals surface area contributed by atoms with Gasteiger partial charge in [0.25, 0.3) is 0 Å². The van der Waals surface area contributed by atoms with Crippen LogP contribution in [0.4, 0.5) is 4.39 Å². The lowest BCUT2D eigenvalue weighted by atomic mass is 10.00. The summed E-state index contributed by atoms with van der Waals surface area (Å²) in [7, 11) is 0. The molecule has 142 valence electrons. The molecule has 4 bridgehead atoms. The summed E-state index contributed by atoms with van der Waals surface area (Å²) in [5.74, 6) is 4.57. The smallest absolute Gasteiger partial charge is 0.123 e. The number of hydrogen-bond donors (Lipinski definition) is 0. The molecule has 6 rings (SSSR count). The highest BCUT2D eigenvalue weighted by atomic mass is 32.2. The van der Waals surface area contributed by atoms with E-state index in [1.807, 2.05) is 59.2 Å². The summed E-state index contributed by atoms with van der Waals surface area (Å²) in [5, 5.41) is 0. The maximum Gasteiger partial charge on any atom is 0.123 e. The van der Waals surface area contributed by atoms with Gasteiger partial charge in [-0.05, 0) is 70.2 Å². The molecule has 0 nitrogen and oxygen atoms in total. The molecule has 2 fully saturated rings. The first kappa shape index (κ1) is 18.8. The van der Waals surface area contributed by atoms with Gasteiger partial charge in [0, 0.05) is 12.8 Å². The van der Waals surface area contributed by atoms with Crippen molar-refractivity contribution in [3.8, 4) is 0 Å². The van der Waals surface area contributed by atoms with Crippen molar-refractivity contribution in [3.63, 3.8) is 0 Å². The van der Waals surface area contributed by atoms with E-state index < -0.39 is 0 Å². The van der Waals surface area contributed by atoms with Gasteiger partial charge in [0.2, 0.25) is 0 Å². The highest BCUT2D eigenvalue weighted by Gasteiger charge is 2.41. The number of rotatable bonds is 0. The molecule has 4 aliphatic rings. The third kappa shape index (κ3) is 3.58. The van der Waals surface area contributed by atoms with Crippen molar-refractivity contribution < 1.29 is 4.39 Å². The van der Waals surface area contributed by atoms with Crippen LogP contribution in [-0.2, 0) is 21.0 Å². The normalized spacial score (nSPS) is 23.3. The third-order valence-electron chi connectivity index (χ3n) is 5.59. The van der Waals surface area contributed by atoms with E-state index in [1.54, 1.807) is 0 Å². The fourth-order valence-electron chi connectivity index (χ4n) is 4.23. The second kappa shape index (κ2) is 7.55. The van der Waals surface area contributed by atoms with E-state index in [4.69, 9.17) is 0 Å². The Bertz CT molecular complexity index is 755. The lowest BCUT2D eigenvalue weighted by Gasteiger charge is -2.39. The molecule has 0 radical (unpaired) electrons. The van der Waals surface area contributed by atoms with Gasteiger partial charge in [-0.3, -0.25) is 0 Å². The maximum absolute atomic E-state index is 14.9. The fourth-order valence-corrected chi connectivity index (χ4v) is 11.0. The van der Waals surface area contributed by atoms with Crippen molar-refractivity contribution in [1.29, 1.82) is 0 Å². The number of fused-ring (bicyclic) bond motifs is 2. The van der Waals surface area contributed by atoms with Gasteiger partial charge < -0.3 is 0 Å². The molecule has 2 saturated heterocycles. The van der Waals surface area contributed by atoms with Crippen LogP contribution in [0.25, 0.3) is 0 Å². The summed E-state index contributed by atoms with van der Waals surface area (Å²) in [6.45, 7) is 0. The van der Waals surface area contributed by atoms with E-state index in [-0.39, 0.29) is 14.0 Å². The first-order valence-electron chi connectivity index (χ1n) is 9.63. The molecule has 0 unspecified atom stereocenters. The largest absolute Gasteiger partial charge is 0.207 e. The summed E-state index contributed by atoms with van der Waals surface area (Å²) in [6, 6.07) is 15.2. The molecule has 2 heterocycles. The lowest BCUT2D eigenvalue weighted by molar-refractivity contribution is 0.619. The topological polar surface area (TPSA) is 0 Å². The molecule has 2 spiro atoms. The molecule has 2 aliphatic carbocycles. The van der Waals surface area contributed by atoms with Crippen LogP contribution in [0.15, 0.2) is 42.5 Å². The van der Waals surface area contributed by atoms with E-state index in [9.17, 15) is 4.39 Å². The van der Waals surface area contributed by atoms with Gasteiger partial charge in [-0.15, -0.1) is 47.0 Å². The molecule has 0 aromatic heterocycles. The van der Waals surface area contributed by atoms with Crippen molar-refractivity contribution in [3.05, 3.63) is 70.5 Å². The molecule has 0 N–H and O–H groups in total. The van der Waals surface area contributed by atoms with E-state index in [2.05, 4.69) is 30.3 Å². The summed E-state index contributed by atoms with van der Waals surface area (Å²) >= 11 is 8.09. The van der Waals surface area contributed by atoms with Crippen LogP contribution in [0, 0.1) is 5.82 Å². The Balaban J connectivity index is 1.72. The highest BCUT2D eigenvalue weighted by Crippen LogP contribution is 2.56. The minimum absolute atomic E-state index is 0.0633. The van der Waals surface area contributed by atoms with Crippen molar-refractivity contribution in [2.24, 2.45) is 0 Å². The Morgan fingerprint density at radius 2 is 1.04 bits per heavy atom. The summed E-state index contributed by atoms with van der Waals surface area (Å²) in [5.41, 5.74) is 5.10. The molecule has 0 atom stereocenters. The molecule has 27 heavy (non-hydrogen) atoms. The quantitative estimate of drug-likeness (QED) is 0.454. The van der Waals surface area contributed by atoms with Gasteiger partial charge in [-0.1, -0.05) is 30.3 Å². The van der Waals surface area contributed by atoms with Crippen molar-refractivity contribution >= 4 is 47.0 Å². The van der Waals surface area contributed by atoms with Gasteiger partial charge in [0.15, 0.2) is 0 Å². The first-order chi connectivity index (χ1) is 13.2. The number of halogens is 1. The van der Waals surface area contributed by atoms with Crippen LogP contribution in [0.5, 0.6) is 0 Å². The predicted octanol–water partition coefficient (Wildman–Crippen LogP) is 6.67. The zero-order valence-electron chi connectivity index (χ0n) is 15.2. The average Bonchev–Trinajstić information content (AvgIpc) is 2.72. The Kier molecular flexibility index (Phi) is 5.25. The number of benzene rings is 2. The fraction of sp³-hybridized carbons (Fsp3) is 0.455. The minimum atomic E-state index is -0.0673. The minimum Gasteiger partial charge on any atom is -0.207 e. The molecule has 5 heteroatoms. The zero-order chi connectivity index (χ0) is 18.3. The molecule has 0 saturated carbocycles. The van der Waals surface area contributed by atoms with Crippen LogP contribution in [-0.4, -0.2) is 23.0 Å². The monoisotopic (exact) mass is 434 g/mol. The summed E-state index contributed by atoms with van der Waals surface area (Å²) in [6.07, 6.45) is 4.43. The maximum atomic E-state index is 14.9. The average molecular weight is 435 g/mol. The number of hydrogen-bond acceptors (Lipinski definition) is 4. The zero-order valence-corrected chi connectivity index (χ0v) is 18.5. The van der Waals surface area contributed by atoms with E-state index in [1.165, 1.54) is 35.1 Å². The van der Waals surface area contributed by atoms with Crippen molar-refractivity contribution in [1.82, 2.24) is 0 Å². The second-order valence-corrected chi connectivity index (χ2v) is 13.6.